The van der Waals surface area contributed by atoms with E-state index in [4.69, 9.17) is 9.47 Å². The summed E-state index contributed by atoms with van der Waals surface area (Å²) in [6.45, 7) is 1.32. The topological polar surface area (TPSA) is 55.8 Å². The minimum Gasteiger partial charge on any atom is -0.497 e. The third kappa shape index (κ3) is 5.79. The van der Waals surface area contributed by atoms with Crippen molar-refractivity contribution in [2.45, 2.75) is 38.2 Å². The number of hydrogen-bond acceptors (Lipinski definition) is 4. The highest BCUT2D eigenvalue weighted by Crippen LogP contribution is 2.17. The van der Waals surface area contributed by atoms with Crippen LogP contribution in [-0.4, -0.2) is 51.9 Å². The zero-order valence-electron chi connectivity index (χ0n) is 14.0. The molecule has 1 fully saturated rings. The van der Waals surface area contributed by atoms with E-state index in [1.165, 1.54) is 10.7 Å². The minimum absolute atomic E-state index is 0.113. The fraction of sp³-hybridized carbons (Fsp3) is 0.647. The van der Waals surface area contributed by atoms with Gasteiger partial charge in [-0.05, 0) is 49.8 Å². The monoisotopic (exact) mass is 341 g/mol. The Hall–Kier alpha value is -1.11. The molecule has 0 N–H and O–H groups in total. The van der Waals surface area contributed by atoms with Gasteiger partial charge in [-0.25, -0.2) is 12.7 Å². The lowest BCUT2D eigenvalue weighted by molar-refractivity contribution is 0.00950. The molecular formula is C17H27NO4S. The molecule has 1 aliphatic heterocycles. The quantitative estimate of drug-likeness (QED) is 0.729. The van der Waals surface area contributed by atoms with Gasteiger partial charge in [-0.15, -0.1) is 0 Å². The molecule has 1 atom stereocenters. The molecule has 1 aromatic carbocycles. The zero-order chi connectivity index (χ0) is 16.7. The van der Waals surface area contributed by atoms with Crippen molar-refractivity contribution in [3.05, 3.63) is 29.8 Å². The van der Waals surface area contributed by atoms with Crippen LogP contribution in [0.1, 0.15) is 31.2 Å². The Labute approximate surface area is 139 Å². The highest BCUT2D eigenvalue weighted by molar-refractivity contribution is 7.89. The van der Waals surface area contributed by atoms with Gasteiger partial charge >= 0.3 is 0 Å². The number of hydrogen-bond donors (Lipinski definition) is 0. The Kier molecular flexibility index (Phi) is 6.87. The second-order valence-electron chi connectivity index (χ2n) is 6.02. The van der Waals surface area contributed by atoms with Gasteiger partial charge in [-0.2, -0.15) is 0 Å². The Morgan fingerprint density at radius 3 is 2.87 bits per heavy atom. The average Bonchev–Trinajstić information content (AvgIpc) is 2.59. The van der Waals surface area contributed by atoms with Gasteiger partial charge in [0.15, 0.2) is 0 Å². The summed E-state index contributed by atoms with van der Waals surface area (Å²) >= 11 is 0. The lowest BCUT2D eigenvalue weighted by Crippen LogP contribution is -2.33. The van der Waals surface area contributed by atoms with Gasteiger partial charge in [0.25, 0.3) is 0 Å². The molecule has 23 heavy (non-hydrogen) atoms. The van der Waals surface area contributed by atoms with Crippen molar-refractivity contribution in [1.82, 2.24) is 4.31 Å². The van der Waals surface area contributed by atoms with Crippen molar-refractivity contribution in [1.29, 1.82) is 0 Å². The maximum Gasteiger partial charge on any atom is 0.214 e. The normalized spacial score (nSPS) is 19.0. The number of benzene rings is 1. The van der Waals surface area contributed by atoms with E-state index in [0.29, 0.717) is 13.0 Å². The van der Waals surface area contributed by atoms with E-state index in [2.05, 4.69) is 0 Å². The van der Waals surface area contributed by atoms with Gasteiger partial charge in [-0.3, -0.25) is 0 Å². The van der Waals surface area contributed by atoms with E-state index in [1.54, 1.807) is 14.2 Å². The molecule has 0 radical (unpaired) electrons. The lowest BCUT2D eigenvalue weighted by atomic mass is 10.1. The molecule has 5 nitrogen and oxygen atoms in total. The fourth-order valence-corrected chi connectivity index (χ4v) is 3.92. The van der Waals surface area contributed by atoms with Crippen molar-refractivity contribution in [2.75, 3.05) is 33.1 Å². The van der Waals surface area contributed by atoms with Gasteiger partial charge in [0.2, 0.25) is 10.0 Å². The maximum atomic E-state index is 12.4. The van der Waals surface area contributed by atoms with Crippen molar-refractivity contribution in [3.63, 3.8) is 0 Å². The molecule has 1 unspecified atom stereocenters. The number of aryl methyl sites for hydroxylation is 1. The third-order valence-electron chi connectivity index (χ3n) is 4.30. The summed E-state index contributed by atoms with van der Waals surface area (Å²) in [5.41, 5.74) is 0.969. The average molecular weight is 341 g/mol. The molecule has 0 aromatic heterocycles. The van der Waals surface area contributed by atoms with Crippen LogP contribution in [0.15, 0.2) is 24.3 Å². The summed E-state index contributed by atoms with van der Waals surface area (Å²) in [4.78, 5) is 0. The van der Waals surface area contributed by atoms with Gasteiger partial charge < -0.3 is 9.47 Å². The molecule has 130 valence electrons. The first-order chi connectivity index (χ1) is 11.0. The van der Waals surface area contributed by atoms with Crippen LogP contribution < -0.4 is 4.74 Å². The minimum atomic E-state index is -3.24. The van der Waals surface area contributed by atoms with E-state index in [0.717, 1.165) is 37.2 Å². The molecule has 0 aliphatic carbocycles. The van der Waals surface area contributed by atoms with Crippen LogP contribution in [0, 0.1) is 0 Å². The molecule has 1 saturated heterocycles. The summed E-state index contributed by atoms with van der Waals surface area (Å²) in [6.07, 6.45) is 4.80. The van der Waals surface area contributed by atoms with Crippen LogP contribution in [0.25, 0.3) is 0 Å². The first-order valence-corrected chi connectivity index (χ1v) is 9.81. The summed E-state index contributed by atoms with van der Waals surface area (Å²) in [5.74, 6) is 0.866. The maximum absolute atomic E-state index is 12.4. The van der Waals surface area contributed by atoms with Crippen LogP contribution in [-0.2, 0) is 21.2 Å². The van der Waals surface area contributed by atoms with E-state index in [9.17, 15) is 8.42 Å². The van der Waals surface area contributed by atoms with E-state index in [1.807, 2.05) is 24.3 Å². The summed E-state index contributed by atoms with van der Waals surface area (Å²) in [7, 11) is 0.0227. The SMILES string of the molecule is COc1cccc(CCS(=O)(=O)N(C)CCC2CCCCO2)c1. The second kappa shape index (κ2) is 8.66. The highest BCUT2D eigenvalue weighted by Gasteiger charge is 2.20. The molecule has 1 aromatic rings. The molecule has 0 saturated carbocycles. The molecule has 0 amide bonds. The van der Waals surface area contributed by atoms with Crippen molar-refractivity contribution >= 4 is 10.0 Å². The standard InChI is InChI=1S/C17H27NO4S/c1-18(11-9-16-7-3-4-12-22-16)23(19,20)13-10-15-6-5-8-17(14-15)21-2/h5-6,8,14,16H,3-4,7,9-13H2,1-2H3. The predicted molar refractivity (Wildman–Crippen MR) is 91.3 cm³/mol. The Bertz CT molecular complexity index is 582. The summed E-state index contributed by atoms with van der Waals surface area (Å²) < 4.78 is 37.1. The van der Waals surface area contributed by atoms with Crippen molar-refractivity contribution in [3.8, 4) is 5.75 Å². The first-order valence-electron chi connectivity index (χ1n) is 8.20. The molecule has 6 heteroatoms. The van der Waals surface area contributed by atoms with Crippen LogP contribution in [0.3, 0.4) is 0 Å². The smallest absolute Gasteiger partial charge is 0.214 e. The lowest BCUT2D eigenvalue weighted by Gasteiger charge is -2.25. The van der Waals surface area contributed by atoms with Crippen LogP contribution in [0.5, 0.6) is 5.75 Å². The molecule has 1 aliphatic rings. The Balaban J connectivity index is 1.82. The number of methoxy groups -OCH3 is 1. The van der Waals surface area contributed by atoms with Gasteiger partial charge in [0.1, 0.15) is 5.75 Å². The molecule has 2 rings (SSSR count). The van der Waals surface area contributed by atoms with Gasteiger partial charge in [-0.1, -0.05) is 12.1 Å². The zero-order valence-corrected chi connectivity index (χ0v) is 14.8. The third-order valence-corrected chi connectivity index (χ3v) is 6.15. The molecular weight excluding hydrogens is 314 g/mol. The molecule has 1 heterocycles. The van der Waals surface area contributed by atoms with Crippen molar-refractivity contribution < 1.29 is 17.9 Å². The van der Waals surface area contributed by atoms with E-state index in [-0.39, 0.29) is 11.9 Å². The highest BCUT2D eigenvalue weighted by atomic mass is 32.2. The fourth-order valence-electron chi connectivity index (χ4n) is 2.73. The number of sulfonamides is 1. The van der Waals surface area contributed by atoms with Crippen LogP contribution in [0.4, 0.5) is 0 Å². The first kappa shape index (κ1) is 18.2. The van der Waals surface area contributed by atoms with E-state index >= 15 is 0 Å². The molecule has 0 bridgehead atoms. The van der Waals surface area contributed by atoms with Gasteiger partial charge in [0.05, 0.1) is 19.0 Å². The second-order valence-corrected chi connectivity index (χ2v) is 8.21. The Morgan fingerprint density at radius 1 is 1.35 bits per heavy atom. The van der Waals surface area contributed by atoms with E-state index < -0.39 is 10.0 Å². The number of nitrogens with zero attached hydrogens (tertiary/aromatic N) is 1. The Morgan fingerprint density at radius 2 is 2.17 bits per heavy atom. The van der Waals surface area contributed by atoms with Gasteiger partial charge in [0, 0.05) is 20.2 Å². The summed E-state index contributed by atoms with van der Waals surface area (Å²) in [6, 6.07) is 7.54. The summed E-state index contributed by atoms with van der Waals surface area (Å²) in [5, 5.41) is 0. The van der Waals surface area contributed by atoms with Crippen LogP contribution in [0.2, 0.25) is 0 Å². The number of ether oxygens (including phenoxy) is 2. The molecule has 0 spiro atoms. The largest absolute Gasteiger partial charge is 0.497 e. The van der Waals surface area contributed by atoms with Crippen LogP contribution >= 0.6 is 0 Å². The number of rotatable bonds is 8. The predicted octanol–water partition coefficient (Wildman–Crippen LogP) is 2.46. The van der Waals surface area contributed by atoms with Crippen molar-refractivity contribution in [2.24, 2.45) is 0 Å².